The first-order valence-corrected chi connectivity index (χ1v) is 9.83. The molecule has 7 nitrogen and oxygen atoms in total. The zero-order valence-corrected chi connectivity index (χ0v) is 16.3. The molecule has 1 aliphatic heterocycles. The molecule has 0 amide bonds. The van der Waals surface area contributed by atoms with Crippen LogP contribution in [0.15, 0.2) is 61.1 Å². The van der Waals surface area contributed by atoms with Crippen molar-refractivity contribution in [3.05, 3.63) is 66.9 Å². The van der Waals surface area contributed by atoms with Gasteiger partial charge in [-0.25, -0.2) is 19.9 Å². The average molecular weight is 394 g/mol. The number of imidazole rings is 1. The van der Waals surface area contributed by atoms with Crippen LogP contribution in [-0.2, 0) is 0 Å². The number of hydrogen-bond donors (Lipinski definition) is 1. The largest absolute Gasteiger partial charge is 0.490 e. The van der Waals surface area contributed by atoms with Crippen LogP contribution in [0.5, 0.6) is 5.75 Å². The van der Waals surface area contributed by atoms with Crippen LogP contribution >= 0.6 is 0 Å². The molecule has 7 heteroatoms. The summed E-state index contributed by atoms with van der Waals surface area (Å²) in [6, 6.07) is 16.4. The van der Waals surface area contributed by atoms with E-state index in [2.05, 4.69) is 54.1 Å². The van der Waals surface area contributed by atoms with Gasteiger partial charge >= 0.3 is 0 Å². The number of anilines is 2. The Balaban J connectivity index is 1.51. The average Bonchev–Trinajstić information content (AvgIpc) is 3.17. The van der Waals surface area contributed by atoms with Gasteiger partial charge < -0.3 is 14.6 Å². The van der Waals surface area contributed by atoms with Gasteiger partial charge in [-0.05, 0) is 42.8 Å². The molecule has 0 bridgehead atoms. The summed E-state index contributed by atoms with van der Waals surface area (Å²) in [6.45, 7) is 3.28. The number of aromatic nitrogens is 5. The van der Waals surface area contributed by atoms with Gasteiger partial charge in [-0.2, -0.15) is 0 Å². The van der Waals surface area contributed by atoms with Crippen LogP contribution < -0.4 is 9.64 Å². The number of nitrogens with one attached hydrogen (secondary N) is 1. The Hall–Kier alpha value is -4.00. The standard InChI is InChI=1S/C23H18N6O/c1-14-27-19-11-16(12-24-22(19)28-14)15-6-7-18-17(10-15)23(26-13-25-18)29-8-9-30-21-5-3-2-4-20(21)29/h2-7,10-13H,8-9H2,1H3,(H,24,27,28). The maximum atomic E-state index is 5.82. The van der Waals surface area contributed by atoms with Crippen molar-refractivity contribution in [2.45, 2.75) is 6.92 Å². The van der Waals surface area contributed by atoms with E-state index in [0.717, 1.165) is 62.8 Å². The molecular formula is C23H18N6O. The van der Waals surface area contributed by atoms with E-state index in [9.17, 15) is 0 Å². The van der Waals surface area contributed by atoms with Crippen LogP contribution in [0.4, 0.5) is 11.5 Å². The Morgan fingerprint density at radius 3 is 2.90 bits per heavy atom. The zero-order chi connectivity index (χ0) is 20.1. The molecule has 0 saturated carbocycles. The molecule has 0 unspecified atom stereocenters. The molecule has 0 aliphatic carbocycles. The number of para-hydroxylation sites is 2. The van der Waals surface area contributed by atoms with E-state index >= 15 is 0 Å². The van der Waals surface area contributed by atoms with Crippen molar-refractivity contribution in [2.24, 2.45) is 0 Å². The smallest absolute Gasteiger partial charge is 0.177 e. The highest BCUT2D eigenvalue weighted by Crippen LogP contribution is 2.38. The van der Waals surface area contributed by atoms with Crippen molar-refractivity contribution in [3.8, 4) is 16.9 Å². The summed E-state index contributed by atoms with van der Waals surface area (Å²) in [5.41, 5.74) is 5.65. The molecule has 0 saturated heterocycles. The van der Waals surface area contributed by atoms with E-state index in [1.165, 1.54) is 0 Å². The maximum Gasteiger partial charge on any atom is 0.177 e. The lowest BCUT2D eigenvalue weighted by Crippen LogP contribution is -2.29. The Labute approximate surface area is 172 Å². The number of rotatable bonds is 2. The molecule has 2 aromatic carbocycles. The summed E-state index contributed by atoms with van der Waals surface area (Å²) in [7, 11) is 0. The second kappa shape index (κ2) is 6.52. The first kappa shape index (κ1) is 16.9. The summed E-state index contributed by atoms with van der Waals surface area (Å²) in [6.07, 6.45) is 3.48. The number of pyridine rings is 1. The van der Waals surface area contributed by atoms with E-state index in [4.69, 9.17) is 4.74 Å². The first-order valence-electron chi connectivity index (χ1n) is 9.83. The molecular weight excluding hydrogens is 376 g/mol. The third kappa shape index (κ3) is 2.67. The minimum atomic E-state index is 0.613. The topological polar surface area (TPSA) is 79.8 Å². The van der Waals surface area contributed by atoms with Crippen LogP contribution in [0.3, 0.4) is 0 Å². The second-order valence-corrected chi connectivity index (χ2v) is 7.31. The van der Waals surface area contributed by atoms with Crippen LogP contribution in [-0.4, -0.2) is 38.1 Å². The summed E-state index contributed by atoms with van der Waals surface area (Å²) >= 11 is 0. The van der Waals surface area contributed by atoms with Crippen LogP contribution in [0.2, 0.25) is 0 Å². The van der Waals surface area contributed by atoms with Crippen LogP contribution in [0, 0.1) is 6.92 Å². The number of benzene rings is 2. The highest BCUT2D eigenvalue weighted by atomic mass is 16.5. The van der Waals surface area contributed by atoms with Crippen molar-refractivity contribution < 1.29 is 4.74 Å². The monoisotopic (exact) mass is 394 g/mol. The van der Waals surface area contributed by atoms with Crippen LogP contribution in [0.1, 0.15) is 5.82 Å². The predicted molar refractivity (Wildman–Crippen MR) is 116 cm³/mol. The van der Waals surface area contributed by atoms with Gasteiger partial charge in [-0.15, -0.1) is 0 Å². The van der Waals surface area contributed by atoms with Gasteiger partial charge in [0.2, 0.25) is 0 Å². The molecule has 0 fully saturated rings. The number of ether oxygens (including phenoxy) is 1. The SMILES string of the molecule is Cc1nc2ncc(-c3ccc4ncnc(N5CCOc6ccccc65)c4c3)cc2[nH]1. The molecule has 0 atom stereocenters. The van der Waals surface area contributed by atoms with Gasteiger partial charge in [0.1, 0.15) is 30.3 Å². The van der Waals surface area contributed by atoms with E-state index in [1.807, 2.05) is 37.4 Å². The minimum Gasteiger partial charge on any atom is -0.490 e. The van der Waals surface area contributed by atoms with E-state index in [1.54, 1.807) is 6.33 Å². The van der Waals surface area contributed by atoms with Gasteiger partial charge in [-0.3, -0.25) is 0 Å². The molecule has 0 radical (unpaired) electrons. The number of H-pyrrole nitrogens is 1. The lowest BCUT2D eigenvalue weighted by Gasteiger charge is -2.30. The van der Waals surface area contributed by atoms with Crippen molar-refractivity contribution in [1.82, 2.24) is 24.9 Å². The van der Waals surface area contributed by atoms with Crippen molar-refractivity contribution in [1.29, 1.82) is 0 Å². The molecule has 146 valence electrons. The Morgan fingerprint density at radius 2 is 1.93 bits per heavy atom. The quantitative estimate of drug-likeness (QED) is 0.478. The minimum absolute atomic E-state index is 0.613. The van der Waals surface area contributed by atoms with Gasteiger partial charge in [-0.1, -0.05) is 18.2 Å². The Kier molecular flexibility index (Phi) is 3.67. The number of fused-ring (bicyclic) bond motifs is 3. The molecule has 3 aromatic heterocycles. The summed E-state index contributed by atoms with van der Waals surface area (Å²) < 4.78 is 5.82. The molecule has 5 aromatic rings. The fraction of sp³-hybridized carbons (Fsp3) is 0.130. The van der Waals surface area contributed by atoms with Crippen molar-refractivity contribution in [3.63, 3.8) is 0 Å². The summed E-state index contributed by atoms with van der Waals surface area (Å²) in [5, 5.41) is 0.993. The van der Waals surface area contributed by atoms with E-state index in [-0.39, 0.29) is 0 Å². The molecule has 6 rings (SSSR count). The lowest BCUT2D eigenvalue weighted by molar-refractivity contribution is 0.314. The van der Waals surface area contributed by atoms with Gasteiger partial charge in [0.15, 0.2) is 5.65 Å². The molecule has 1 aliphatic rings. The predicted octanol–water partition coefficient (Wildman–Crippen LogP) is 4.41. The van der Waals surface area contributed by atoms with Gasteiger partial charge in [0, 0.05) is 17.1 Å². The first-order chi connectivity index (χ1) is 14.8. The highest BCUT2D eigenvalue weighted by molar-refractivity contribution is 5.95. The summed E-state index contributed by atoms with van der Waals surface area (Å²) in [4.78, 5) is 23.5. The fourth-order valence-corrected chi connectivity index (χ4v) is 4.01. The van der Waals surface area contributed by atoms with Crippen molar-refractivity contribution >= 4 is 33.6 Å². The third-order valence-corrected chi connectivity index (χ3v) is 5.39. The molecule has 30 heavy (non-hydrogen) atoms. The lowest BCUT2D eigenvalue weighted by atomic mass is 10.0. The zero-order valence-electron chi connectivity index (χ0n) is 16.3. The number of nitrogens with zero attached hydrogens (tertiary/aromatic N) is 5. The number of hydrogen-bond acceptors (Lipinski definition) is 6. The third-order valence-electron chi connectivity index (χ3n) is 5.39. The van der Waals surface area contributed by atoms with Gasteiger partial charge in [0.05, 0.1) is 23.3 Å². The van der Waals surface area contributed by atoms with Gasteiger partial charge in [0.25, 0.3) is 0 Å². The number of aryl methyl sites for hydroxylation is 1. The normalized spacial score (nSPS) is 13.4. The highest BCUT2D eigenvalue weighted by Gasteiger charge is 2.22. The molecule has 4 heterocycles. The fourth-order valence-electron chi connectivity index (χ4n) is 4.01. The van der Waals surface area contributed by atoms with E-state index in [0.29, 0.717) is 6.61 Å². The van der Waals surface area contributed by atoms with Crippen LogP contribution in [0.25, 0.3) is 33.2 Å². The molecule has 1 N–H and O–H groups in total. The Morgan fingerprint density at radius 1 is 1.00 bits per heavy atom. The second-order valence-electron chi connectivity index (χ2n) is 7.31. The van der Waals surface area contributed by atoms with E-state index < -0.39 is 0 Å². The number of aromatic amines is 1. The maximum absolute atomic E-state index is 5.82. The Bertz CT molecular complexity index is 1410. The molecule has 0 spiro atoms. The van der Waals surface area contributed by atoms with Crippen molar-refractivity contribution in [2.75, 3.05) is 18.1 Å². The summed E-state index contributed by atoms with van der Waals surface area (Å²) in [5.74, 6) is 2.61.